The molecule has 0 spiro atoms. The smallest absolute Gasteiger partial charge is 0.320 e. The zero-order valence-electron chi connectivity index (χ0n) is 22.0. The van der Waals surface area contributed by atoms with Crippen molar-refractivity contribution in [2.24, 2.45) is 5.41 Å². The molecule has 9 heteroatoms. The highest BCUT2D eigenvalue weighted by Gasteiger charge is 2.35. The Kier molecular flexibility index (Phi) is 8.97. The van der Waals surface area contributed by atoms with Crippen LogP contribution in [0.1, 0.15) is 24.5 Å². The van der Waals surface area contributed by atoms with Crippen LogP contribution >= 0.6 is 11.6 Å². The third-order valence-corrected chi connectivity index (χ3v) is 7.23. The highest BCUT2D eigenvalue weighted by atomic mass is 35.5. The van der Waals surface area contributed by atoms with Crippen LogP contribution in [0.4, 0.5) is 9.18 Å². The zero-order chi connectivity index (χ0) is 28.0. The second kappa shape index (κ2) is 12.4. The second-order valence-electron chi connectivity index (χ2n) is 10.1. The molecule has 1 N–H and O–H groups in total. The summed E-state index contributed by atoms with van der Waals surface area (Å²) in [6.07, 6.45) is 0.876. The van der Waals surface area contributed by atoms with Gasteiger partial charge in [-0.05, 0) is 60.9 Å². The average molecular weight is 555 g/mol. The van der Waals surface area contributed by atoms with Crippen molar-refractivity contribution in [3.05, 3.63) is 94.8 Å². The van der Waals surface area contributed by atoms with Gasteiger partial charge in [0, 0.05) is 31.6 Å². The molecule has 0 aliphatic carbocycles. The first-order chi connectivity index (χ1) is 18.6. The van der Waals surface area contributed by atoms with Crippen LogP contribution in [0.3, 0.4) is 0 Å². The second-order valence-corrected chi connectivity index (χ2v) is 10.5. The normalized spacial score (nSPS) is 16.7. The zero-order valence-corrected chi connectivity index (χ0v) is 22.7. The van der Waals surface area contributed by atoms with Crippen LogP contribution in [0.2, 0.25) is 5.02 Å². The molecule has 2 amide bonds. The van der Waals surface area contributed by atoms with Gasteiger partial charge in [-0.2, -0.15) is 0 Å². The Morgan fingerprint density at radius 1 is 1.05 bits per heavy atom. The molecular formula is C30H32ClFN2O5. The van der Waals surface area contributed by atoms with E-state index < -0.39 is 17.2 Å². The molecule has 1 aliphatic rings. The number of carboxylic acids is 1. The first-order valence-electron chi connectivity index (χ1n) is 12.7. The van der Waals surface area contributed by atoms with Crippen molar-refractivity contribution in [2.45, 2.75) is 32.4 Å². The fraction of sp³-hybridized carbons (Fsp3) is 0.333. The number of likely N-dealkylation sites (N-methyl/N-ethyl adjacent to an activating group) is 1. The molecule has 1 heterocycles. The lowest BCUT2D eigenvalue weighted by atomic mass is 9.84. The highest BCUT2D eigenvalue weighted by molar-refractivity contribution is 6.30. The van der Waals surface area contributed by atoms with Gasteiger partial charge in [0.25, 0.3) is 0 Å². The fourth-order valence-corrected chi connectivity index (χ4v) is 4.64. The van der Waals surface area contributed by atoms with Gasteiger partial charge in [0.05, 0.1) is 12.6 Å². The molecular weight excluding hydrogens is 523 g/mol. The number of carboxylic acid groups (broad SMARTS) is 1. The Bertz CT molecular complexity index is 1290. The number of nitrogens with zero attached hydrogens (tertiary/aromatic N) is 2. The Balaban J connectivity index is 1.27. The van der Waals surface area contributed by atoms with Crippen LogP contribution in [-0.4, -0.2) is 59.8 Å². The molecule has 0 bridgehead atoms. The van der Waals surface area contributed by atoms with Gasteiger partial charge in [-0.25, -0.2) is 9.18 Å². The number of hydrogen-bond donors (Lipinski definition) is 1. The summed E-state index contributed by atoms with van der Waals surface area (Å²) in [5, 5.41) is 10.5. The van der Waals surface area contributed by atoms with Gasteiger partial charge in [-0.3, -0.25) is 4.79 Å². The van der Waals surface area contributed by atoms with Gasteiger partial charge < -0.3 is 24.4 Å². The summed E-state index contributed by atoms with van der Waals surface area (Å²) in [5.74, 6) is -0.881. The minimum absolute atomic E-state index is 0.0141. The maximum Gasteiger partial charge on any atom is 0.320 e. The number of carbonyl (C=O) groups excluding carboxylic acids is 1. The molecule has 2 atom stereocenters. The first-order valence-corrected chi connectivity index (χ1v) is 13.1. The molecule has 0 unspecified atom stereocenters. The van der Waals surface area contributed by atoms with Crippen molar-refractivity contribution >= 4 is 23.6 Å². The number of ether oxygens (including phenoxy) is 2. The summed E-state index contributed by atoms with van der Waals surface area (Å²) < 4.78 is 25.3. The van der Waals surface area contributed by atoms with Gasteiger partial charge in [0.15, 0.2) is 11.6 Å². The fourth-order valence-electron chi connectivity index (χ4n) is 4.52. The highest BCUT2D eigenvalue weighted by Crippen LogP contribution is 2.27. The minimum Gasteiger partial charge on any atom is -0.494 e. The SMILES string of the molecule is CN1C(=O)N(Cc2ccc(Cl)cc2)C[C@@H]1CCOc1ccc(C[C@](C)(COc2ccccc2F)C(=O)O)cc1. The lowest BCUT2D eigenvalue weighted by molar-refractivity contribution is -0.149. The van der Waals surface area contributed by atoms with E-state index in [9.17, 15) is 19.1 Å². The molecule has 4 rings (SSSR count). The average Bonchev–Trinajstić information content (AvgIpc) is 3.18. The summed E-state index contributed by atoms with van der Waals surface area (Å²) in [6, 6.07) is 20.7. The van der Waals surface area contributed by atoms with Gasteiger partial charge >= 0.3 is 12.0 Å². The van der Waals surface area contributed by atoms with Crippen molar-refractivity contribution in [3.8, 4) is 11.5 Å². The van der Waals surface area contributed by atoms with Crippen molar-refractivity contribution in [2.75, 3.05) is 26.8 Å². The molecule has 3 aromatic carbocycles. The molecule has 206 valence electrons. The van der Waals surface area contributed by atoms with E-state index in [0.29, 0.717) is 36.9 Å². The van der Waals surface area contributed by atoms with E-state index in [1.807, 2.05) is 41.3 Å². The molecule has 0 aromatic heterocycles. The molecule has 7 nitrogen and oxygen atoms in total. The van der Waals surface area contributed by atoms with Crippen LogP contribution in [0.15, 0.2) is 72.8 Å². The number of amides is 2. The molecule has 1 fully saturated rings. The third kappa shape index (κ3) is 7.20. The van der Waals surface area contributed by atoms with E-state index in [-0.39, 0.29) is 30.9 Å². The third-order valence-electron chi connectivity index (χ3n) is 6.97. The van der Waals surface area contributed by atoms with Gasteiger partial charge in [-0.15, -0.1) is 0 Å². The summed E-state index contributed by atoms with van der Waals surface area (Å²) in [7, 11) is 1.80. The maximum atomic E-state index is 13.9. The van der Waals surface area contributed by atoms with E-state index in [1.165, 1.54) is 12.1 Å². The Labute approximate surface area is 232 Å². The summed E-state index contributed by atoms with van der Waals surface area (Å²) in [5.41, 5.74) is 0.571. The number of aliphatic carboxylic acids is 1. The lowest BCUT2D eigenvalue weighted by Crippen LogP contribution is -2.36. The predicted octanol–water partition coefficient (Wildman–Crippen LogP) is 5.90. The molecule has 1 saturated heterocycles. The Morgan fingerprint density at radius 2 is 1.72 bits per heavy atom. The van der Waals surface area contributed by atoms with Gasteiger partial charge in [0.1, 0.15) is 17.8 Å². The number of carbonyl (C=O) groups is 2. The predicted molar refractivity (Wildman–Crippen MR) is 147 cm³/mol. The Morgan fingerprint density at radius 3 is 2.38 bits per heavy atom. The number of urea groups is 1. The summed E-state index contributed by atoms with van der Waals surface area (Å²) in [6.45, 7) is 2.98. The molecule has 1 aliphatic heterocycles. The van der Waals surface area contributed by atoms with Crippen molar-refractivity contribution in [1.82, 2.24) is 9.80 Å². The largest absolute Gasteiger partial charge is 0.494 e. The van der Waals surface area contributed by atoms with Crippen molar-refractivity contribution in [3.63, 3.8) is 0 Å². The first kappa shape index (κ1) is 28.2. The van der Waals surface area contributed by atoms with E-state index in [2.05, 4.69) is 0 Å². The van der Waals surface area contributed by atoms with E-state index in [1.54, 1.807) is 43.1 Å². The quantitative estimate of drug-likeness (QED) is 0.302. The van der Waals surface area contributed by atoms with Crippen molar-refractivity contribution < 1.29 is 28.6 Å². The van der Waals surface area contributed by atoms with Gasteiger partial charge in [0.2, 0.25) is 0 Å². The summed E-state index contributed by atoms with van der Waals surface area (Å²) >= 11 is 5.96. The molecule has 0 saturated carbocycles. The Hall–Kier alpha value is -3.78. The number of rotatable bonds is 12. The molecule has 3 aromatic rings. The number of hydrogen-bond acceptors (Lipinski definition) is 4. The van der Waals surface area contributed by atoms with E-state index >= 15 is 0 Å². The molecule has 39 heavy (non-hydrogen) atoms. The maximum absolute atomic E-state index is 13.9. The van der Waals surface area contributed by atoms with Gasteiger partial charge in [-0.1, -0.05) is 48.0 Å². The minimum atomic E-state index is -1.25. The topological polar surface area (TPSA) is 79.3 Å². The van der Waals surface area contributed by atoms with Crippen molar-refractivity contribution in [1.29, 1.82) is 0 Å². The van der Waals surface area contributed by atoms with Crippen LogP contribution in [0.25, 0.3) is 0 Å². The van der Waals surface area contributed by atoms with Crippen LogP contribution in [-0.2, 0) is 17.8 Å². The molecule has 0 radical (unpaired) electrons. The standard InChI is InChI=1S/C30H32ClFN2O5/c1-30(28(35)36,20-39-27-6-4-3-5-26(27)32)17-21-9-13-25(14-10-21)38-16-15-24-19-34(29(37)33(24)2)18-22-7-11-23(31)12-8-22/h3-14,24H,15-20H2,1-2H3,(H,35,36)/t24-,30+/m0/s1. The number of halogens is 2. The van der Waals surface area contributed by atoms with Crippen LogP contribution in [0, 0.1) is 11.2 Å². The monoisotopic (exact) mass is 554 g/mol. The van der Waals surface area contributed by atoms with E-state index in [0.717, 1.165) is 11.1 Å². The van der Waals surface area contributed by atoms with Crippen LogP contribution in [0.5, 0.6) is 11.5 Å². The number of benzene rings is 3. The van der Waals surface area contributed by atoms with E-state index in [4.69, 9.17) is 21.1 Å². The van der Waals surface area contributed by atoms with Crippen LogP contribution < -0.4 is 9.47 Å². The lowest BCUT2D eigenvalue weighted by Gasteiger charge is -2.25. The summed E-state index contributed by atoms with van der Waals surface area (Å²) in [4.78, 5) is 28.3. The number of para-hydroxylation sites is 1.